The van der Waals surface area contributed by atoms with E-state index in [9.17, 15) is 4.57 Å². The normalized spacial score (nSPS) is 13.3. The molecule has 0 saturated heterocycles. The van der Waals surface area contributed by atoms with Crippen LogP contribution in [0, 0.1) is 0 Å². The van der Waals surface area contributed by atoms with Gasteiger partial charge < -0.3 is 4.57 Å². The Morgan fingerprint density at radius 3 is 1.62 bits per heavy atom. The molecule has 0 N–H and O–H groups in total. The van der Waals surface area contributed by atoms with E-state index in [0.717, 1.165) is 23.7 Å². The van der Waals surface area contributed by atoms with Crippen LogP contribution < -0.4 is 10.6 Å². The van der Waals surface area contributed by atoms with Gasteiger partial charge in [0.25, 0.3) is 0 Å². The van der Waals surface area contributed by atoms with Gasteiger partial charge in [0.2, 0.25) is 0 Å². The Morgan fingerprint density at radius 1 is 0.905 bits per heavy atom. The lowest BCUT2D eigenvalue weighted by atomic mass is 10.4. The molecule has 0 aromatic heterocycles. The maximum Gasteiger partial charge on any atom is 0.174 e. The Kier molecular flexibility index (Phi) is 5.64. The molecule has 0 saturated carbocycles. The molecule has 0 aliphatic heterocycles. The van der Waals surface area contributed by atoms with Crippen LogP contribution in [0.25, 0.3) is 0 Å². The lowest BCUT2D eigenvalue weighted by Crippen LogP contribution is -2.36. The molecule has 0 spiro atoms. The van der Waals surface area contributed by atoms with Gasteiger partial charge in [-0.25, -0.2) is 0 Å². The van der Waals surface area contributed by atoms with Gasteiger partial charge in [-0.05, 0) is 13.1 Å². The summed E-state index contributed by atoms with van der Waals surface area (Å²) in [6.45, 7) is 5.63. The van der Waals surface area contributed by atoms with Crippen molar-refractivity contribution in [3.8, 4) is 0 Å². The van der Waals surface area contributed by atoms with Crippen molar-refractivity contribution in [1.82, 2.24) is 4.90 Å². The first kappa shape index (κ1) is 16.3. The highest BCUT2D eigenvalue weighted by atomic mass is 35.5. The molecule has 0 amide bonds. The van der Waals surface area contributed by atoms with Gasteiger partial charge in [0.05, 0.1) is 0 Å². The van der Waals surface area contributed by atoms with E-state index in [1.54, 1.807) is 0 Å². The van der Waals surface area contributed by atoms with E-state index in [2.05, 4.69) is 0 Å². The second-order valence-electron chi connectivity index (χ2n) is 4.86. The molecule has 0 bridgehead atoms. The predicted molar refractivity (Wildman–Crippen MR) is 92.3 cm³/mol. The molecule has 0 aliphatic carbocycles. The van der Waals surface area contributed by atoms with Crippen LogP contribution in [-0.4, -0.2) is 23.2 Å². The maximum absolute atomic E-state index is 13.9. The number of halogens is 1. The average molecular weight is 322 g/mol. The van der Waals surface area contributed by atoms with Gasteiger partial charge >= 0.3 is 0 Å². The molecular weight excluding hydrogens is 301 g/mol. The quantitative estimate of drug-likeness (QED) is 0.457. The van der Waals surface area contributed by atoms with Crippen LogP contribution in [0.15, 0.2) is 60.7 Å². The fourth-order valence-electron chi connectivity index (χ4n) is 2.45. The smallest absolute Gasteiger partial charge is 0.174 e. The highest BCUT2D eigenvalue weighted by Crippen LogP contribution is 2.51. The molecule has 0 radical (unpaired) electrons. The summed E-state index contributed by atoms with van der Waals surface area (Å²) < 4.78 is 13.9. The molecule has 2 aromatic carbocycles. The first-order valence-corrected chi connectivity index (χ1v) is 9.44. The molecule has 0 heterocycles. The minimum atomic E-state index is -2.91. The monoisotopic (exact) mass is 321 g/mol. The fraction of sp³-hybridized carbons (Fsp3) is 0.294. The van der Waals surface area contributed by atoms with Crippen molar-refractivity contribution in [1.29, 1.82) is 0 Å². The number of benzene rings is 2. The first-order chi connectivity index (χ1) is 10.1. The SMILES string of the molecule is CCN(CC)C(Cl)P(=O)(c1ccccc1)c1ccccc1. The molecule has 2 rings (SSSR count). The van der Waals surface area contributed by atoms with Crippen molar-refractivity contribution in [2.24, 2.45) is 0 Å². The lowest BCUT2D eigenvalue weighted by molar-refractivity contribution is 0.326. The minimum Gasteiger partial charge on any atom is -0.311 e. The van der Waals surface area contributed by atoms with Crippen LogP contribution in [0.5, 0.6) is 0 Å². The third-order valence-corrected chi connectivity index (χ3v) is 7.85. The molecule has 112 valence electrons. The summed E-state index contributed by atoms with van der Waals surface area (Å²) in [6.07, 6.45) is 0. The van der Waals surface area contributed by atoms with Crippen LogP contribution in [0.3, 0.4) is 0 Å². The van der Waals surface area contributed by atoms with Crippen LogP contribution in [0.2, 0.25) is 0 Å². The highest BCUT2D eigenvalue weighted by Gasteiger charge is 2.38. The average Bonchev–Trinajstić information content (AvgIpc) is 2.56. The molecular formula is C17H21ClNOP. The van der Waals surface area contributed by atoms with Crippen LogP contribution in [0.4, 0.5) is 0 Å². The number of alkyl halides is 1. The number of rotatable bonds is 6. The molecule has 21 heavy (non-hydrogen) atoms. The molecule has 2 nitrogen and oxygen atoms in total. The second kappa shape index (κ2) is 7.26. The van der Waals surface area contributed by atoms with E-state index in [1.165, 1.54) is 0 Å². The Morgan fingerprint density at radius 2 is 1.29 bits per heavy atom. The van der Waals surface area contributed by atoms with Gasteiger partial charge in [0, 0.05) is 10.6 Å². The summed E-state index contributed by atoms with van der Waals surface area (Å²) >= 11 is 6.69. The van der Waals surface area contributed by atoms with E-state index in [1.807, 2.05) is 79.4 Å². The molecule has 2 aromatic rings. The number of hydrogen-bond acceptors (Lipinski definition) is 2. The van der Waals surface area contributed by atoms with E-state index in [0.29, 0.717) is 0 Å². The van der Waals surface area contributed by atoms with Gasteiger partial charge in [0.1, 0.15) is 5.24 Å². The standard InChI is InChI=1S/C17H21ClNOP/c1-3-19(4-2)17(18)21(20,15-11-7-5-8-12-15)16-13-9-6-10-14-16/h5-14,17H,3-4H2,1-2H3. The van der Waals surface area contributed by atoms with Gasteiger partial charge in [-0.3, -0.25) is 4.90 Å². The summed E-state index contributed by atoms with van der Waals surface area (Å²) in [5, 5.41) is 1.09. The summed E-state index contributed by atoms with van der Waals surface area (Å²) in [6, 6.07) is 19.2. The maximum atomic E-state index is 13.9. The van der Waals surface area contributed by atoms with Crippen molar-refractivity contribution < 1.29 is 4.57 Å². The summed E-state index contributed by atoms with van der Waals surface area (Å²) in [4.78, 5) is 2.04. The van der Waals surface area contributed by atoms with E-state index in [-0.39, 0.29) is 0 Å². The number of nitrogens with zero attached hydrogens (tertiary/aromatic N) is 1. The zero-order valence-corrected chi connectivity index (χ0v) is 14.1. The summed E-state index contributed by atoms with van der Waals surface area (Å²) in [5.74, 6) is 0. The molecule has 0 fully saturated rings. The van der Waals surface area contributed by atoms with Crippen molar-refractivity contribution in [3.05, 3.63) is 60.7 Å². The van der Waals surface area contributed by atoms with Crippen LogP contribution in [-0.2, 0) is 4.57 Å². The topological polar surface area (TPSA) is 20.3 Å². The second-order valence-corrected chi connectivity index (χ2v) is 8.42. The largest absolute Gasteiger partial charge is 0.311 e. The summed E-state index contributed by atoms with van der Waals surface area (Å²) in [7, 11) is -2.91. The van der Waals surface area contributed by atoms with Gasteiger partial charge in [-0.1, -0.05) is 86.1 Å². The van der Waals surface area contributed by atoms with Crippen molar-refractivity contribution in [2.75, 3.05) is 13.1 Å². The highest BCUT2D eigenvalue weighted by molar-refractivity contribution is 7.80. The van der Waals surface area contributed by atoms with Crippen molar-refractivity contribution in [3.63, 3.8) is 0 Å². The van der Waals surface area contributed by atoms with Crippen molar-refractivity contribution >= 4 is 29.4 Å². The zero-order chi connectivity index (χ0) is 15.3. The van der Waals surface area contributed by atoms with Gasteiger partial charge in [-0.15, -0.1) is 0 Å². The molecule has 1 atom stereocenters. The third kappa shape index (κ3) is 3.23. The van der Waals surface area contributed by atoms with Gasteiger partial charge in [0.15, 0.2) is 7.14 Å². The minimum absolute atomic E-state index is 0.530. The molecule has 4 heteroatoms. The molecule has 0 aliphatic rings. The predicted octanol–water partition coefficient (Wildman–Crippen LogP) is 3.86. The first-order valence-electron chi connectivity index (χ1n) is 7.23. The van der Waals surface area contributed by atoms with E-state index >= 15 is 0 Å². The Hall–Kier alpha value is -1.08. The van der Waals surface area contributed by atoms with E-state index < -0.39 is 12.4 Å². The van der Waals surface area contributed by atoms with Crippen LogP contribution in [0.1, 0.15) is 13.8 Å². The Bertz CT molecular complexity index is 555. The van der Waals surface area contributed by atoms with E-state index in [4.69, 9.17) is 11.6 Å². The Balaban J connectivity index is 2.58. The van der Waals surface area contributed by atoms with Crippen LogP contribution >= 0.6 is 18.7 Å². The third-order valence-electron chi connectivity index (χ3n) is 3.69. The zero-order valence-electron chi connectivity index (χ0n) is 12.4. The fourth-order valence-corrected chi connectivity index (χ4v) is 6.21. The lowest BCUT2D eigenvalue weighted by Gasteiger charge is -2.32. The Labute approximate surface area is 132 Å². The van der Waals surface area contributed by atoms with Crippen molar-refractivity contribution in [2.45, 2.75) is 19.1 Å². The summed E-state index contributed by atoms with van der Waals surface area (Å²) in [5.41, 5.74) is 0. The van der Waals surface area contributed by atoms with Gasteiger partial charge in [-0.2, -0.15) is 0 Å². The number of hydrogen-bond donors (Lipinski definition) is 0. The molecule has 1 unspecified atom stereocenters.